The van der Waals surface area contributed by atoms with Gasteiger partial charge >= 0.3 is 11.9 Å². The fraction of sp³-hybridized carbons (Fsp3) is 0.400. The van der Waals surface area contributed by atoms with E-state index in [0.29, 0.717) is 11.9 Å². The van der Waals surface area contributed by atoms with Gasteiger partial charge in [-0.3, -0.25) is 0 Å². The van der Waals surface area contributed by atoms with Gasteiger partial charge in [-0.2, -0.15) is 0 Å². The molecule has 6 nitrogen and oxygen atoms in total. The van der Waals surface area contributed by atoms with Crippen molar-refractivity contribution in [2.75, 3.05) is 13.1 Å². The molecule has 0 atom stereocenters. The van der Waals surface area contributed by atoms with E-state index in [2.05, 4.69) is 39.4 Å². The molecule has 6 rings (SSSR count). The van der Waals surface area contributed by atoms with Crippen LogP contribution in [0, 0.1) is 5.92 Å². The summed E-state index contributed by atoms with van der Waals surface area (Å²) in [6.07, 6.45) is 5.98. The van der Waals surface area contributed by atoms with Gasteiger partial charge in [0.05, 0.1) is 5.41 Å². The van der Waals surface area contributed by atoms with Gasteiger partial charge in [0.1, 0.15) is 0 Å². The topological polar surface area (TPSA) is 79.5 Å². The van der Waals surface area contributed by atoms with Gasteiger partial charge < -0.3 is 14.4 Å². The van der Waals surface area contributed by atoms with Crippen LogP contribution in [0.25, 0.3) is 0 Å². The number of carboxylic acids is 1. The Labute approximate surface area is 194 Å². The number of carboxylic acid groups (broad SMARTS) is 1. The van der Waals surface area contributed by atoms with Crippen molar-refractivity contribution in [2.24, 2.45) is 5.92 Å². The lowest BCUT2D eigenvalue weighted by Gasteiger charge is -2.46. The van der Waals surface area contributed by atoms with E-state index in [9.17, 15) is 9.90 Å². The molecule has 1 N–H and O–H groups in total. The third kappa shape index (κ3) is 4.05. The Morgan fingerprint density at radius 1 is 0.969 bits per heavy atom. The highest BCUT2D eigenvalue weighted by Crippen LogP contribution is 2.43. The first-order valence-electron chi connectivity index (χ1n) is 11.1. The second-order valence-electron chi connectivity index (χ2n) is 8.77. The Bertz CT molecular complexity index is 993. The van der Waals surface area contributed by atoms with Gasteiger partial charge in [0.15, 0.2) is 0 Å². The summed E-state index contributed by atoms with van der Waals surface area (Å²) in [5.74, 6) is -0.440. The number of nitrogens with zero attached hydrogens (tertiary/aromatic N) is 3. The van der Waals surface area contributed by atoms with Gasteiger partial charge in [-0.25, -0.2) is 4.79 Å². The van der Waals surface area contributed by atoms with Gasteiger partial charge in [0.25, 0.3) is 0 Å². The van der Waals surface area contributed by atoms with Gasteiger partial charge in [-0.05, 0) is 49.1 Å². The fourth-order valence-electron chi connectivity index (χ4n) is 5.50. The lowest BCUT2D eigenvalue weighted by Crippen LogP contribution is -2.49. The highest BCUT2D eigenvalue weighted by Gasteiger charge is 2.43. The Morgan fingerprint density at radius 2 is 1.56 bits per heavy atom. The highest BCUT2D eigenvalue weighted by molar-refractivity contribution is 5.85. The number of aromatic nitrogens is 2. The van der Waals surface area contributed by atoms with Crippen LogP contribution in [-0.2, 0) is 5.41 Å². The molecule has 3 aromatic rings. The summed E-state index contributed by atoms with van der Waals surface area (Å²) in [5, 5.41) is 17.5. The summed E-state index contributed by atoms with van der Waals surface area (Å²) in [6.45, 7) is 2.05. The maximum absolute atomic E-state index is 11.5. The monoisotopic (exact) mass is 453 g/mol. The zero-order valence-corrected chi connectivity index (χ0v) is 18.7. The molecular weight excluding hydrogens is 426 g/mol. The molecule has 2 saturated heterocycles. The average molecular weight is 454 g/mol. The zero-order valence-electron chi connectivity index (χ0n) is 17.9. The molecular formula is C25H28ClN3O3. The van der Waals surface area contributed by atoms with Crippen molar-refractivity contribution in [2.45, 2.75) is 43.6 Å². The first-order valence-corrected chi connectivity index (χ1v) is 11.1. The standard InChI is InChI=1S/C25H27N3O3.ClH/c29-23(30)22-26-27-24(31-22)25(19-7-3-1-4-8-19,20-9-5-2-6-10-20)15-16-28-17-18-11-13-21(28)14-12-18;/h1-10,18,21H,11-17H2,(H,29,30);1H. The zero-order chi connectivity index (χ0) is 21.3. The number of rotatable bonds is 7. The van der Waals surface area contributed by atoms with Crippen molar-refractivity contribution in [3.63, 3.8) is 0 Å². The van der Waals surface area contributed by atoms with Crippen LogP contribution in [0.4, 0.5) is 0 Å². The molecule has 32 heavy (non-hydrogen) atoms. The van der Waals surface area contributed by atoms with E-state index in [1.54, 1.807) is 0 Å². The summed E-state index contributed by atoms with van der Waals surface area (Å²) in [6, 6.07) is 20.9. The minimum Gasteiger partial charge on any atom is -0.474 e. The van der Waals surface area contributed by atoms with E-state index in [0.717, 1.165) is 36.6 Å². The minimum atomic E-state index is -1.21. The lowest BCUT2D eigenvalue weighted by molar-refractivity contribution is 0.0444. The van der Waals surface area contributed by atoms with Crippen molar-refractivity contribution in [1.29, 1.82) is 0 Å². The van der Waals surface area contributed by atoms with Crippen LogP contribution in [-0.4, -0.2) is 45.3 Å². The maximum atomic E-state index is 11.5. The first kappa shape index (κ1) is 22.5. The smallest absolute Gasteiger partial charge is 0.393 e. The summed E-state index contributed by atoms with van der Waals surface area (Å²) in [7, 11) is 0. The number of aromatic carboxylic acids is 1. The molecule has 3 heterocycles. The summed E-state index contributed by atoms with van der Waals surface area (Å²) < 4.78 is 5.78. The highest BCUT2D eigenvalue weighted by atomic mass is 35.5. The third-order valence-electron chi connectivity index (χ3n) is 7.11. The number of hydrogen-bond donors (Lipinski definition) is 1. The van der Waals surface area contributed by atoms with Crippen LogP contribution in [0.2, 0.25) is 0 Å². The quantitative estimate of drug-likeness (QED) is 0.554. The number of halogens is 1. The number of hydrogen-bond acceptors (Lipinski definition) is 5. The van der Waals surface area contributed by atoms with Crippen LogP contribution < -0.4 is 0 Å². The van der Waals surface area contributed by atoms with E-state index < -0.39 is 11.4 Å². The molecule has 0 amide bonds. The predicted molar refractivity (Wildman–Crippen MR) is 123 cm³/mol. The molecule has 0 unspecified atom stereocenters. The van der Waals surface area contributed by atoms with Crippen molar-refractivity contribution >= 4 is 18.4 Å². The SMILES string of the molecule is Cl.O=C(O)c1nnc(C(CCN2CC3CCC2CC3)(c2ccccc2)c2ccccc2)o1. The van der Waals surface area contributed by atoms with E-state index in [1.807, 2.05) is 36.4 Å². The maximum Gasteiger partial charge on any atom is 0.393 e. The fourth-order valence-corrected chi connectivity index (χ4v) is 5.50. The van der Waals surface area contributed by atoms with Gasteiger partial charge in [0, 0.05) is 19.1 Å². The Morgan fingerprint density at radius 3 is 2.03 bits per heavy atom. The van der Waals surface area contributed by atoms with E-state index >= 15 is 0 Å². The normalized spacial score (nSPS) is 20.6. The number of piperidine rings is 2. The van der Waals surface area contributed by atoms with E-state index in [-0.39, 0.29) is 18.3 Å². The largest absolute Gasteiger partial charge is 0.474 e. The molecule has 1 aromatic heterocycles. The minimum absolute atomic E-state index is 0. The van der Waals surface area contributed by atoms with Crippen molar-refractivity contribution in [3.8, 4) is 0 Å². The Balaban J connectivity index is 0.00000245. The molecule has 7 heteroatoms. The first-order chi connectivity index (χ1) is 15.2. The molecule has 0 spiro atoms. The van der Waals surface area contributed by atoms with E-state index in [4.69, 9.17) is 4.42 Å². The van der Waals surface area contributed by atoms with Gasteiger partial charge in [-0.15, -0.1) is 22.6 Å². The molecule has 2 bridgehead atoms. The predicted octanol–water partition coefficient (Wildman–Crippen LogP) is 4.79. The number of carbonyl (C=O) groups is 1. The molecule has 2 aliphatic heterocycles. The average Bonchev–Trinajstić information content (AvgIpc) is 3.33. The van der Waals surface area contributed by atoms with Crippen LogP contribution in [0.1, 0.15) is 59.8 Å². The number of benzene rings is 2. The molecule has 3 fully saturated rings. The van der Waals surface area contributed by atoms with Crippen LogP contribution in [0.15, 0.2) is 65.1 Å². The lowest BCUT2D eigenvalue weighted by atomic mass is 9.71. The van der Waals surface area contributed by atoms with Crippen LogP contribution >= 0.6 is 12.4 Å². The van der Waals surface area contributed by atoms with E-state index in [1.165, 1.54) is 25.7 Å². The molecule has 1 saturated carbocycles. The molecule has 0 radical (unpaired) electrons. The molecule has 168 valence electrons. The second kappa shape index (κ2) is 9.43. The van der Waals surface area contributed by atoms with Crippen molar-refractivity contribution in [1.82, 2.24) is 15.1 Å². The van der Waals surface area contributed by atoms with Crippen LogP contribution in [0.3, 0.4) is 0 Å². The molecule has 2 aromatic carbocycles. The Hall–Kier alpha value is -2.70. The molecule has 1 aliphatic carbocycles. The molecule has 3 aliphatic rings. The number of fused-ring (bicyclic) bond motifs is 3. The van der Waals surface area contributed by atoms with Gasteiger partial charge in [-0.1, -0.05) is 60.7 Å². The summed E-state index contributed by atoms with van der Waals surface area (Å²) in [4.78, 5) is 14.1. The second-order valence-corrected chi connectivity index (χ2v) is 8.77. The van der Waals surface area contributed by atoms with Gasteiger partial charge in [0.2, 0.25) is 5.89 Å². The Kier molecular flexibility index (Phi) is 6.63. The summed E-state index contributed by atoms with van der Waals surface area (Å²) >= 11 is 0. The summed E-state index contributed by atoms with van der Waals surface area (Å²) in [5.41, 5.74) is 1.35. The van der Waals surface area contributed by atoms with Crippen molar-refractivity contribution < 1.29 is 14.3 Å². The van der Waals surface area contributed by atoms with Crippen LogP contribution in [0.5, 0.6) is 0 Å². The third-order valence-corrected chi connectivity index (χ3v) is 7.11. The van der Waals surface area contributed by atoms with Crippen molar-refractivity contribution in [3.05, 3.63) is 83.6 Å².